The fourth-order valence-corrected chi connectivity index (χ4v) is 3.51. The molecule has 0 bridgehead atoms. The van der Waals surface area contributed by atoms with E-state index in [9.17, 15) is 9.18 Å². The Labute approximate surface area is 151 Å². The Morgan fingerprint density at radius 3 is 2.88 bits per heavy atom. The molecule has 6 heteroatoms. The lowest BCUT2D eigenvalue weighted by atomic mass is 9.98. The molecule has 2 N–H and O–H groups in total. The van der Waals surface area contributed by atoms with Crippen molar-refractivity contribution in [2.45, 2.75) is 6.54 Å². The molecule has 1 aromatic heterocycles. The summed E-state index contributed by atoms with van der Waals surface area (Å²) in [4.78, 5) is 18.1. The number of rotatable bonds is 3. The van der Waals surface area contributed by atoms with Crippen LogP contribution in [0.1, 0.15) is 22.3 Å². The molecule has 0 atom stereocenters. The number of fused-ring (bicyclic) bond motifs is 3. The fourth-order valence-electron chi connectivity index (χ4n) is 3.51. The summed E-state index contributed by atoms with van der Waals surface area (Å²) in [6, 6.07) is 8.16. The summed E-state index contributed by atoms with van der Waals surface area (Å²) in [5, 5.41) is 5.96. The van der Waals surface area contributed by atoms with E-state index in [1.165, 1.54) is 12.3 Å². The van der Waals surface area contributed by atoms with Gasteiger partial charge in [0.25, 0.3) is 0 Å². The summed E-state index contributed by atoms with van der Waals surface area (Å²) in [6.07, 6.45) is 4.30. The Morgan fingerprint density at radius 1 is 1.23 bits per heavy atom. The first-order valence-electron chi connectivity index (χ1n) is 8.41. The van der Waals surface area contributed by atoms with Gasteiger partial charge in [0.15, 0.2) is 0 Å². The molecular formula is C20H19FN4O. The van der Waals surface area contributed by atoms with Gasteiger partial charge in [-0.15, -0.1) is 0 Å². The molecule has 0 unspecified atom stereocenters. The van der Waals surface area contributed by atoms with Gasteiger partial charge in [-0.1, -0.05) is 18.2 Å². The standard InChI is InChI=1S/C20H19FN4O/c1-25(2)10-12-4-3-5-13(6-12)18-15-8-22-9-16(21)19(15)14-7-17(26)23-11-24-20(14)18/h3-9,24H,10-11H2,1-2H3,(H,23,26). The van der Waals surface area contributed by atoms with Crippen LogP contribution in [0.15, 0.2) is 48.4 Å². The molecule has 1 aromatic carbocycles. The molecule has 0 fully saturated rings. The van der Waals surface area contributed by atoms with Crippen LogP contribution in [0.4, 0.5) is 4.39 Å². The number of nitrogens with zero attached hydrogens (tertiary/aromatic N) is 2. The first kappa shape index (κ1) is 16.5. The summed E-state index contributed by atoms with van der Waals surface area (Å²) >= 11 is 0. The Hall–Kier alpha value is -2.99. The molecule has 1 amide bonds. The Bertz CT molecular complexity index is 962. The lowest BCUT2D eigenvalue weighted by Crippen LogP contribution is -2.29. The number of pyridine rings is 1. The van der Waals surface area contributed by atoms with E-state index in [2.05, 4.69) is 32.7 Å². The summed E-state index contributed by atoms with van der Waals surface area (Å²) in [7, 11) is 4.04. The van der Waals surface area contributed by atoms with Crippen LogP contribution in [-0.4, -0.2) is 36.6 Å². The SMILES string of the molecule is CN(C)Cc1cccc(C2=C3NCNC(=O)C=C3c3c(F)cncc32)c1. The average Bonchev–Trinajstić information content (AvgIpc) is 2.77. The van der Waals surface area contributed by atoms with Gasteiger partial charge in [0.1, 0.15) is 5.82 Å². The van der Waals surface area contributed by atoms with Gasteiger partial charge in [0.2, 0.25) is 5.91 Å². The maximum absolute atomic E-state index is 14.6. The lowest BCUT2D eigenvalue weighted by Gasteiger charge is -2.14. The zero-order chi connectivity index (χ0) is 18.3. The highest BCUT2D eigenvalue weighted by molar-refractivity contribution is 6.10. The van der Waals surface area contributed by atoms with E-state index in [0.717, 1.165) is 28.9 Å². The van der Waals surface area contributed by atoms with Crippen molar-refractivity contribution < 1.29 is 9.18 Å². The van der Waals surface area contributed by atoms with Crippen molar-refractivity contribution in [1.29, 1.82) is 0 Å². The number of amides is 1. The van der Waals surface area contributed by atoms with Crippen LogP contribution in [0.25, 0.3) is 11.1 Å². The first-order valence-corrected chi connectivity index (χ1v) is 8.41. The van der Waals surface area contributed by atoms with E-state index in [4.69, 9.17) is 0 Å². The van der Waals surface area contributed by atoms with Crippen molar-refractivity contribution in [1.82, 2.24) is 20.5 Å². The van der Waals surface area contributed by atoms with Crippen LogP contribution in [0.5, 0.6) is 0 Å². The molecule has 2 aromatic rings. The van der Waals surface area contributed by atoms with E-state index in [1.807, 2.05) is 26.2 Å². The van der Waals surface area contributed by atoms with E-state index in [1.54, 1.807) is 6.20 Å². The summed E-state index contributed by atoms with van der Waals surface area (Å²) in [5.41, 5.74) is 5.46. The van der Waals surface area contributed by atoms with Crippen molar-refractivity contribution in [2.24, 2.45) is 0 Å². The number of hydrogen-bond acceptors (Lipinski definition) is 4. The molecule has 0 saturated carbocycles. The second-order valence-corrected chi connectivity index (χ2v) is 6.68. The lowest BCUT2D eigenvalue weighted by molar-refractivity contribution is -0.116. The third-order valence-electron chi connectivity index (χ3n) is 4.48. The molecule has 5 nitrogen and oxygen atoms in total. The second kappa shape index (κ2) is 6.38. The molecule has 1 aliphatic carbocycles. The van der Waals surface area contributed by atoms with Gasteiger partial charge in [-0.05, 0) is 31.3 Å². The molecule has 2 aliphatic rings. The van der Waals surface area contributed by atoms with Crippen molar-refractivity contribution in [3.05, 3.63) is 76.5 Å². The van der Waals surface area contributed by atoms with Gasteiger partial charge < -0.3 is 15.5 Å². The van der Waals surface area contributed by atoms with E-state index in [-0.39, 0.29) is 12.6 Å². The van der Waals surface area contributed by atoms with Crippen LogP contribution in [0, 0.1) is 5.82 Å². The Balaban J connectivity index is 1.93. The normalized spacial score (nSPS) is 15.8. The number of allylic oxidation sites excluding steroid dienone is 1. The quantitative estimate of drug-likeness (QED) is 0.890. The highest BCUT2D eigenvalue weighted by Gasteiger charge is 2.32. The van der Waals surface area contributed by atoms with Crippen LogP contribution >= 0.6 is 0 Å². The van der Waals surface area contributed by atoms with Crippen molar-refractivity contribution in [3.8, 4) is 0 Å². The number of aromatic nitrogens is 1. The summed E-state index contributed by atoms with van der Waals surface area (Å²) in [6.45, 7) is 1.10. The van der Waals surface area contributed by atoms with Crippen LogP contribution in [-0.2, 0) is 11.3 Å². The van der Waals surface area contributed by atoms with Gasteiger partial charge in [-0.3, -0.25) is 9.78 Å². The molecule has 0 saturated heterocycles. The summed E-state index contributed by atoms with van der Waals surface area (Å²) < 4.78 is 14.6. The highest BCUT2D eigenvalue weighted by atomic mass is 19.1. The molecule has 0 spiro atoms. The largest absolute Gasteiger partial charge is 0.367 e. The van der Waals surface area contributed by atoms with E-state index >= 15 is 0 Å². The van der Waals surface area contributed by atoms with Gasteiger partial charge in [-0.25, -0.2) is 4.39 Å². The fraction of sp³-hybridized carbons (Fsp3) is 0.200. The van der Waals surface area contributed by atoms with Crippen molar-refractivity contribution in [2.75, 3.05) is 20.8 Å². The number of benzene rings is 1. The zero-order valence-electron chi connectivity index (χ0n) is 14.6. The van der Waals surface area contributed by atoms with Gasteiger partial charge in [0.05, 0.1) is 18.6 Å². The summed E-state index contributed by atoms with van der Waals surface area (Å²) in [5.74, 6) is -0.672. The minimum absolute atomic E-state index is 0.243. The number of hydrogen-bond donors (Lipinski definition) is 2. The predicted octanol–water partition coefficient (Wildman–Crippen LogP) is 2.12. The maximum Gasteiger partial charge on any atom is 0.246 e. The van der Waals surface area contributed by atoms with Crippen LogP contribution in [0.3, 0.4) is 0 Å². The molecule has 0 radical (unpaired) electrons. The van der Waals surface area contributed by atoms with Crippen LogP contribution < -0.4 is 10.6 Å². The minimum Gasteiger partial charge on any atom is -0.367 e. The van der Waals surface area contributed by atoms with E-state index in [0.29, 0.717) is 16.7 Å². The van der Waals surface area contributed by atoms with E-state index < -0.39 is 5.82 Å². The third-order valence-corrected chi connectivity index (χ3v) is 4.48. The first-order chi connectivity index (χ1) is 12.5. The average molecular weight is 350 g/mol. The number of halogens is 1. The second-order valence-electron chi connectivity index (χ2n) is 6.68. The highest BCUT2D eigenvalue weighted by Crippen LogP contribution is 2.44. The van der Waals surface area contributed by atoms with Crippen LogP contribution in [0.2, 0.25) is 0 Å². The molecule has 2 heterocycles. The van der Waals surface area contributed by atoms with Crippen molar-refractivity contribution >= 4 is 17.1 Å². The minimum atomic E-state index is -0.429. The zero-order valence-corrected chi connectivity index (χ0v) is 14.6. The molecular weight excluding hydrogens is 331 g/mol. The van der Waals surface area contributed by atoms with Gasteiger partial charge >= 0.3 is 0 Å². The van der Waals surface area contributed by atoms with Gasteiger partial charge in [0, 0.05) is 41.1 Å². The number of carbonyl (C=O) groups excluding carboxylic acids is 1. The Morgan fingerprint density at radius 2 is 2.08 bits per heavy atom. The monoisotopic (exact) mass is 350 g/mol. The predicted molar refractivity (Wildman–Crippen MR) is 98.2 cm³/mol. The molecule has 26 heavy (non-hydrogen) atoms. The van der Waals surface area contributed by atoms with Gasteiger partial charge in [-0.2, -0.15) is 0 Å². The smallest absolute Gasteiger partial charge is 0.246 e. The number of carbonyl (C=O) groups is 1. The van der Waals surface area contributed by atoms with Crippen molar-refractivity contribution in [3.63, 3.8) is 0 Å². The topological polar surface area (TPSA) is 57.3 Å². The molecule has 4 rings (SSSR count). The molecule has 132 valence electrons. The third kappa shape index (κ3) is 2.78. The molecule has 1 aliphatic heterocycles. The Kier molecular flexibility index (Phi) is 4.05. The maximum atomic E-state index is 14.6. The number of nitrogens with one attached hydrogen (secondary N) is 2.